The van der Waals surface area contributed by atoms with Crippen LogP contribution < -0.4 is 5.32 Å². The van der Waals surface area contributed by atoms with Gasteiger partial charge in [-0.3, -0.25) is 0 Å². The highest BCUT2D eigenvalue weighted by Crippen LogP contribution is 2.26. The van der Waals surface area contributed by atoms with Gasteiger partial charge in [-0.25, -0.2) is 12.8 Å². The number of benzene rings is 1. The summed E-state index contributed by atoms with van der Waals surface area (Å²) >= 11 is 0. The van der Waals surface area contributed by atoms with Crippen LogP contribution in [0.2, 0.25) is 0 Å². The van der Waals surface area contributed by atoms with E-state index < -0.39 is 10.0 Å². The first kappa shape index (κ1) is 15.4. The summed E-state index contributed by atoms with van der Waals surface area (Å²) in [5.74, 6) is 0.0381. The van der Waals surface area contributed by atoms with E-state index in [-0.39, 0.29) is 10.7 Å². The monoisotopic (exact) mass is 300 g/mol. The lowest BCUT2D eigenvalue weighted by Gasteiger charge is -2.17. The zero-order valence-electron chi connectivity index (χ0n) is 12.1. The molecule has 1 heterocycles. The van der Waals surface area contributed by atoms with E-state index in [1.54, 1.807) is 14.0 Å². The summed E-state index contributed by atoms with van der Waals surface area (Å²) in [5.41, 5.74) is 0.752. The van der Waals surface area contributed by atoms with Crippen LogP contribution in [0.4, 0.5) is 4.39 Å². The van der Waals surface area contributed by atoms with E-state index >= 15 is 0 Å². The van der Waals surface area contributed by atoms with Crippen molar-refractivity contribution in [2.45, 2.75) is 31.7 Å². The number of rotatable bonds is 4. The van der Waals surface area contributed by atoms with E-state index in [2.05, 4.69) is 5.32 Å². The predicted molar refractivity (Wildman–Crippen MR) is 76.4 cm³/mol. The van der Waals surface area contributed by atoms with Crippen LogP contribution in [0.15, 0.2) is 17.0 Å². The number of sulfonamides is 1. The number of aryl methyl sites for hydroxylation is 1. The predicted octanol–water partition coefficient (Wildman–Crippen LogP) is 1.88. The fourth-order valence-electron chi connectivity index (χ4n) is 2.54. The van der Waals surface area contributed by atoms with Crippen molar-refractivity contribution in [3.05, 3.63) is 29.1 Å². The molecule has 2 rings (SSSR count). The lowest BCUT2D eigenvalue weighted by atomic mass is 10.1. The summed E-state index contributed by atoms with van der Waals surface area (Å²) in [6.45, 7) is 5.03. The van der Waals surface area contributed by atoms with Crippen LogP contribution in [0.3, 0.4) is 0 Å². The smallest absolute Gasteiger partial charge is 0.243 e. The van der Waals surface area contributed by atoms with Crippen molar-refractivity contribution >= 4 is 10.0 Å². The van der Waals surface area contributed by atoms with E-state index in [1.807, 2.05) is 6.92 Å². The summed E-state index contributed by atoms with van der Waals surface area (Å²) in [4.78, 5) is 0.191. The largest absolute Gasteiger partial charge is 0.316 e. The molecule has 1 aliphatic rings. The Morgan fingerprint density at radius 3 is 2.70 bits per heavy atom. The van der Waals surface area contributed by atoms with Gasteiger partial charge in [-0.05, 0) is 44.0 Å². The van der Waals surface area contributed by atoms with Crippen LogP contribution in [-0.2, 0) is 16.6 Å². The molecule has 0 aliphatic carbocycles. The first-order valence-electron chi connectivity index (χ1n) is 6.80. The molecule has 20 heavy (non-hydrogen) atoms. The van der Waals surface area contributed by atoms with E-state index in [4.69, 9.17) is 0 Å². The number of nitrogens with one attached hydrogen (secondary N) is 1. The molecule has 1 N–H and O–H groups in total. The Bertz CT molecular complexity index is 601. The normalized spacial score (nSPS) is 20.5. The quantitative estimate of drug-likeness (QED) is 0.924. The highest BCUT2D eigenvalue weighted by molar-refractivity contribution is 7.89. The molecule has 1 aliphatic heterocycles. The molecular weight excluding hydrogens is 279 g/mol. The van der Waals surface area contributed by atoms with Crippen molar-refractivity contribution in [2.24, 2.45) is 5.92 Å². The van der Waals surface area contributed by atoms with Crippen LogP contribution in [0, 0.1) is 18.7 Å². The van der Waals surface area contributed by atoms with Gasteiger partial charge in [-0.2, -0.15) is 4.31 Å². The molecule has 1 fully saturated rings. The van der Waals surface area contributed by atoms with Gasteiger partial charge in [0.2, 0.25) is 10.0 Å². The molecule has 1 aromatic rings. The maximum atomic E-state index is 13.9. The second kappa shape index (κ2) is 5.79. The van der Waals surface area contributed by atoms with Crippen molar-refractivity contribution in [2.75, 3.05) is 20.1 Å². The van der Waals surface area contributed by atoms with Gasteiger partial charge in [0.15, 0.2) is 0 Å². The molecule has 6 heteroatoms. The number of nitrogens with zero attached hydrogens (tertiary/aromatic N) is 1. The molecule has 0 saturated carbocycles. The zero-order valence-corrected chi connectivity index (χ0v) is 12.9. The number of halogens is 1. The fraction of sp³-hybridized carbons (Fsp3) is 0.571. The van der Waals surface area contributed by atoms with Gasteiger partial charge in [0.25, 0.3) is 0 Å². The molecule has 0 bridgehead atoms. The highest BCUT2D eigenvalue weighted by Gasteiger charge is 2.31. The fourth-order valence-corrected chi connectivity index (χ4v) is 4.25. The SMILES string of the molecule is CNCc1cc(S(=O)(=O)N2CCC(C)C2)cc(C)c1F. The molecule has 1 aromatic carbocycles. The van der Waals surface area contributed by atoms with Gasteiger partial charge in [0.1, 0.15) is 5.82 Å². The van der Waals surface area contributed by atoms with E-state index in [0.717, 1.165) is 6.42 Å². The third-order valence-electron chi connectivity index (χ3n) is 3.70. The summed E-state index contributed by atoms with van der Waals surface area (Å²) in [7, 11) is -1.81. The second-order valence-electron chi connectivity index (χ2n) is 5.50. The van der Waals surface area contributed by atoms with Crippen molar-refractivity contribution in [1.82, 2.24) is 9.62 Å². The van der Waals surface area contributed by atoms with Crippen molar-refractivity contribution in [3.8, 4) is 0 Å². The molecule has 1 saturated heterocycles. The van der Waals surface area contributed by atoms with Gasteiger partial charge in [-0.15, -0.1) is 0 Å². The Kier molecular flexibility index (Phi) is 4.46. The van der Waals surface area contributed by atoms with Gasteiger partial charge in [0.05, 0.1) is 4.90 Å². The summed E-state index contributed by atoms with van der Waals surface area (Å²) in [6, 6.07) is 2.87. The Morgan fingerprint density at radius 2 is 2.15 bits per heavy atom. The third kappa shape index (κ3) is 2.87. The highest BCUT2D eigenvalue weighted by atomic mass is 32.2. The first-order chi connectivity index (χ1) is 9.36. The molecule has 1 unspecified atom stereocenters. The van der Waals surface area contributed by atoms with E-state index in [9.17, 15) is 12.8 Å². The summed E-state index contributed by atoms with van der Waals surface area (Å²) in [6.07, 6.45) is 0.878. The Labute approximate surface area is 120 Å². The van der Waals surface area contributed by atoms with Gasteiger partial charge >= 0.3 is 0 Å². The molecular formula is C14H21FN2O2S. The molecule has 0 amide bonds. The van der Waals surface area contributed by atoms with Crippen LogP contribution >= 0.6 is 0 Å². The summed E-state index contributed by atoms with van der Waals surface area (Å²) in [5, 5.41) is 2.86. The lowest BCUT2D eigenvalue weighted by molar-refractivity contribution is 0.464. The van der Waals surface area contributed by atoms with Crippen molar-refractivity contribution in [1.29, 1.82) is 0 Å². The van der Waals surface area contributed by atoms with Crippen LogP contribution in [0.5, 0.6) is 0 Å². The van der Waals surface area contributed by atoms with E-state index in [1.165, 1.54) is 16.4 Å². The number of hydrogen-bond donors (Lipinski definition) is 1. The Balaban J connectivity index is 2.41. The topological polar surface area (TPSA) is 49.4 Å². The van der Waals surface area contributed by atoms with Gasteiger partial charge in [-0.1, -0.05) is 6.92 Å². The molecule has 0 radical (unpaired) electrons. The standard InChI is InChI=1S/C14H21FN2O2S/c1-10-4-5-17(9-10)20(18,19)13-6-11(2)14(15)12(7-13)8-16-3/h6-7,10,16H,4-5,8-9H2,1-3H3. The van der Waals surface area contributed by atoms with Crippen LogP contribution in [0.25, 0.3) is 0 Å². The van der Waals surface area contributed by atoms with Crippen LogP contribution in [-0.4, -0.2) is 32.9 Å². The average Bonchev–Trinajstić information content (AvgIpc) is 2.82. The van der Waals surface area contributed by atoms with E-state index in [0.29, 0.717) is 36.7 Å². The minimum Gasteiger partial charge on any atom is -0.316 e. The molecule has 0 spiro atoms. The molecule has 4 nitrogen and oxygen atoms in total. The summed E-state index contributed by atoms with van der Waals surface area (Å²) < 4.78 is 40.6. The number of hydrogen-bond acceptors (Lipinski definition) is 3. The van der Waals surface area contributed by atoms with Gasteiger partial charge in [0, 0.05) is 25.2 Å². The van der Waals surface area contributed by atoms with Crippen LogP contribution in [0.1, 0.15) is 24.5 Å². The minimum absolute atomic E-state index is 0.191. The Morgan fingerprint density at radius 1 is 1.45 bits per heavy atom. The Hall–Kier alpha value is -0.980. The first-order valence-corrected chi connectivity index (χ1v) is 8.24. The van der Waals surface area contributed by atoms with Crippen molar-refractivity contribution in [3.63, 3.8) is 0 Å². The van der Waals surface area contributed by atoms with Crippen molar-refractivity contribution < 1.29 is 12.8 Å². The minimum atomic E-state index is -3.51. The van der Waals surface area contributed by atoms with Gasteiger partial charge < -0.3 is 5.32 Å². The lowest BCUT2D eigenvalue weighted by Crippen LogP contribution is -2.29. The average molecular weight is 300 g/mol. The molecule has 0 aromatic heterocycles. The maximum Gasteiger partial charge on any atom is 0.243 e. The molecule has 1 atom stereocenters. The second-order valence-corrected chi connectivity index (χ2v) is 7.44. The maximum absolute atomic E-state index is 13.9. The zero-order chi connectivity index (χ0) is 14.9. The molecule has 112 valence electrons. The third-order valence-corrected chi connectivity index (χ3v) is 5.54.